The molecule has 0 fully saturated rings. The van der Waals surface area contributed by atoms with Crippen molar-refractivity contribution in [3.8, 4) is 0 Å². The molecule has 1 aromatic heterocycles. The van der Waals surface area contributed by atoms with Gasteiger partial charge in [-0.15, -0.1) is 11.8 Å². The molecule has 2 heterocycles. The maximum Gasteiger partial charge on any atom is 0.416 e. The number of carbonyl (C=O) groups excluding carboxylic acids is 1. The van der Waals surface area contributed by atoms with Gasteiger partial charge in [-0.3, -0.25) is 19.4 Å². The number of aromatic nitrogens is 1. The number of pyridine rings is 1. The molecule has 0 spiro atoms. The predicted molar refractivity (Wildman–Crippen MR) is 152 cm³/mol. The van der Waals surface area contributed by atoms with E-state index in [1.54, 1.807) is 23.9 Å². The first-order valence-electron chi connectivity index (χ1n) is 13.0. The van der Waals surface area contributed by atoms with Gasteiger partial charge in [-0.1, -0.05) is 23.7 Å². The average molecular weight is 642 g/mol. The number of alkyl halides is 3. The van der Waals surface area contributed by atoms with Crippen LogP contribution in [0.3, 0.4) is 0 Å². The molecule has 4 N–H and O–H groups in total. The first kappa shape index (κ1) is 33.8. The van der Waals surface area contributed by atoms with Gasteiger partial charge in [0.15, 0.2) is 0 Å². The van der Waals surface area contributed by atoms with Crippen LogP contribution in [0.2, 0.25) is 5.02 Å². The Kier molecular flexibility index (Phi) is 12.3. The Balaban J connectivity index is 0.000000557. The zero-order chi connectivity index (χ0) is 31.6. The van der Waals surface area contributed by atoms with Crippen molar-refractivity contribution in [3.05, 3.63) is 93.0 Å². The molecule has 0 atom stereocenters. The van der Waals surface area contributed by atoms with Crippen LogP contribution in [0.15, 0.2) is 53.6 Å². The molecule has 0 aliphatic carbocycles. The van der Waals surface area contributed by atoms with E-state index in [1.165, 1.54) is 17.3 Å². The average Bonchev–Trinajstić information content (AvgIpc) is 3.21. The minimum Gasteiger partial charge on any atom is -0.481 e. The van der Waals surface area contributed by atoms with Crippen molar-refractivity contribution in [3.63, 3.8) is 0 Å². The molecule has 0 bridgehead atoms. The fraction of sp³-hybridized carbons (Fsp3) is 0.310. The normalized spacial score (nSPS) is 12.8. The van der Waals surface area contributed by atoms with Gasteiger partial charge in [0.1, 0.15) is 5.82 Å². The van der Waals surface area contributed by atoms with Gasteiger partial charge < -0.3 is 20.8 Å². The summed E-state index contributed by atoms with van der Waals surface area (Å²) in [4.78, 5) is 37.1. The van der Waals surface area contributed by atoms with Crippen molar-refractivity contribution in [1.82, 2.24) is 15.6 Å². The number of aliphatic carboxylic acids is 2. The van der Waals surface area contributed by atoms with E-state index in [2.05, 4.69) is 21.7 Å². The van der Waals surface area contributed by atoms with Crippen molar-refractivity contribution < 1.29 is 42.2 Å². The minimum atomic E-state index is -4.63. The standard InChI is InChI=1S/C25H22ClF4N3OS.C4H6O4/c26-21-8-5-15-11-31-9-1-2-20(15)23(21)35-14-19-7-4-17(13-32-19)24(34)33-12-16-3-6-18(10-22(16)27)25(28,29)30;5-3(6)1-2-4(7)8/h3-8,10,13,31H,1-2,9,11-12,14H2,(H,33,34);1-2H2,(H,5,6)(H,7,8). The summed E-state index contributed by atoms with van der Waals surface area (Å²) in [5.41, 5.74) is 2.43. The molecule has 8 nitrogen and oxygen atoms in total. The number of carboxylic acids is 2. The largest absolute Gasteiger partial charge is 0.481 e. The molecule has 2 aromatic carbocycles. The van der Waals surface area contributed by atoms with Crippen LogP contribution in [0.25, 0.3) is 0 Å². The van der Waals surface area contributed by atoms with E-state index in [-0.39, 0.29) is 30.5 Å². The maximum absolute atomic E-state index is 14.0. The van der Waals surface area contributed by atoms with Crippen LogP contribution in [-0.4, -0.2) is 39.6 Å². The highest BCUT2D eigenvalue weighted by atomic mass is 35.5. The first-order valence-corrected chi connectivity index (χ1v) is 14.4. The lowest BCUT2D eigenvalue weighted by Gasteiger charge is -2.14. The van der Waals surface area contributed by atoms with Gasteiger partial charge in [-0.25, -0.2) is 4.39 Å². The van der Waals surface area contributed by atoms with Crippen LogP contribution in [0.1, 0.15) is 57.6 Å². The summed E-state index contributed by atoms with van der Waals surface area (Å²) in [6.45, 7) is 1.54. The van der Waals surface area contributed by atoms with Crippen LogP contribution in [0.4, 0.5) is 17.6 Å². The van der Waals surface area contributed by atoms with Gasteiger partial charge in [-0.05, 0) is 60.8 Å². The molecule has 0 saturated carbocycles. The number of nitrogens with zero attached hydrogens (tertiary/aromatic N) is 1. The molecule has 3 aromatic rings. The van der Waals surface area contributed by atoms with Crippen LogP contribution >= 0.6 is 23.4 Å². The number of hydrogen-bond acceptors (Lipinski definition) is 6. The topological polar surface area (TPSA) is 129 Å². The summed E-state index contributed by atoms with van der Waals surface area (Å²) >= 11 is 8.08. The number of rotatable bonds is 9. The zero-order valence-corrected chi connectivity index (χ0v) is 24.2. The third-order valence-corrected chi connectivity index (χ3v) is 7.85. The Morgan fingerprint density at radius 3 is 2.37 bits per heavy atom. The summed E-state index contributed by atoms with van der Waals surface area (Å²) in [5.74, 6) is -3.11. The van der Waals surface area contributed by atoms with E-state index in [0.717, 1.165) is 48.7 Å². The summed E-state index contributed by atoms with van der Waals surface area (Å²) in [6, 6.07) is 9.54. The Bertz CT molecular complexity index is 1440. The lowest BCUT2D eigenvalue weighted by atomic mass is 10.0. The number of halogens is 5. The Hall–Kier alpha value is -3.68. The number of amides is 1. The third-order valence-electron chi connectivity index (χ3n) is 6.23. The highest BCUT2D eigenvalue weighted by Crippen LogP contribution is 2.36. The molecule has 1 aliphatic heterocycles. The fourth-order valence-corrected chi connectivity index (χ4v) is 5.41. The summed E-state index contributed by atoms with van der Waals surface area (Å²) in [6.07, 6.45) is -1.80. The van der Waals surface area contributed by atoms with Crippen molar-refractivity contribution >= 4 is 41.2 Å². The summed E-state index contributed by atoms with van der Waals surface area (Å²) in [5, 5.41) is 22.4. The monoisotopic (exact) mass is 641 g/mol. The Morgan fingerprint density at radius 1 is 1.05 bits per heavy atom. The highest BCUT2D eigenvalue weighted by molar-refractivity contribution is 7.98. The van der Waals surface area contributed by atoms with Crippen LogP contribution in [0, 0.1) is 5.82 Å². The van der Waals surface area contributed by atoms with Gasteiger partial charge in [0, 0.05) is 35.5 Å². The molecule has 0 saturated heterocycles. The second kappa shape index (κ2) is 15.7. The molecule has 0 radical (unpaired) electrons. The summed E-state index contributed by atoms with van der Waals surface area (Å²) < 4.78 is 52.0. The number of fused-ring (bicyclic) bond motifs is 1. The fourth-order valence-electron chi connectivity index (χ4n) is 4.00. The van der Waals surface area contributed by atoms with Crippen LogP contribution < -0.4 is 10.6 Å². The van der Waals surface area contributed by atoms with Crippen molar-refractivity contribution in [2.24, 2.45) is 0 Å². The molecule has 1 aliphatic rings. The van der Waals surface area contributed by atoms with Gasteiger partial charge in [0.05, 0.1) is 34.7 Å². The van der Waals surface area contributed by atoms with Gasteiger partial charge in [0.2, 0.25) is 0 Å². The van der Waals surface area contributed by atoms with Crippen molar-refractivity contribution in [2.45, 2.75) is 55.6 Å². The Morgan fingerprint density at radius 2 is 1.77 bits per heavy atom. The van der Waals surface area contributed by atoms with E-state index in [9.17, 15) is 31.9 Å². The molecule has 230 valence electrons. The lowest BCUT2D eigenvalue weighted by Crippen LogP contribution is -2.23. The molecular weight excluding hydrogens is 614 g/mol. The number of hydrogen-bond donors (Lipinski definition) is 4. The van der Waals surface area contributed by atoms with Crippen LogP contribution in [0.5, 0.6) is 0 Å². The first-order chi connectivity index (χ1) is 20.3. The third kappa shape index (κ3) is 10.5. The highest BCUT2D eigenvalue weighted by Gasteiger charge is 2.31. The molecule has 0 unspecified atom stereocenters. The number of nitrogens with one attached hydrogen (secondary N) is 2. The van der Waals surface area contributed by atoms with E-state index in [4.69, 9.17) is 21.8 Å². The number of benzene rings is 2. The number of carbonyl (C=O) groups is 3. The van der Waals surface area contributed by atoms with E-state index >= 15 is 0 Å². The van der Waals surface area contributed by atoms with E-state index in [0.29, 0.717) is 16.8 Å². The van der Waals surface area contributed by atoms with E-state index in [1.807, 2.05) is 6.07 Å². The minimum absolute atomic E-state index is 0.0404. The van der Waals surface area contributed by atoms with Crippen molar-refractivity contribution in [1.29, 1.82) is 0 Å². The van der Waals surface area contributed by atoms with Gasteiger partial charge in [-0.2, -0.15) is 13.2 Å². The second-order valence-corrected chi connectivity index (χ2v) is 10.8. The molecule has 43 heavy (non-hydrogen) atoms. The maximum atomic E-state index is 14.0. The smallest absolute Gasteiger partial charge is 0.416 e. The van der Waals surface area contributed by atoms with Gasteiger partial charge in [0.25, 0.3) is 5.91 Å². The Labute approximate surface area is 253 Å². The quantitative estimate of drug-likeness (QED) is 0.163. The SMILES string of the molecule is O=C(NCc1ccc(C(F)(F)F)cc1F)c1ccc(CSc2c(Cl)ccc3c2CCCNC3)nc1.O=C(O)CCC(=O)O. The predicted octanol–water partition coefficient (Wildman–Crippen LogP) is 6.09. The van der Waals surface area contributed by atoms with E-state index < -0.39 is 35.4 Å². The van der Waals surface area contributed by atoms with Crippen molar-refractivity contribution in [2.75, 3.05) is 6.54 Å². The molecular formula is C29H28ClF4N3O5S. The zero-order valence-electron chi connectivity index (χ0n) is 22.6. The molecule has 14 heteroatoms. The molecule has 1 amide bonds. The number of thioether (sulfide) groups is 1. The summed E-state index contributed by atoms with van der Waals surface area (Å²) in [7, 11) is 0. The number of carboxylic acid groups (broad SMARTS) is 2. The van der Waals surface area contributed by atoms with Gasteiger partial charge >= 0.3 is 18.1 Å². The van der Waals surface area contributed by atoms with Crippen LogP contribution in [-0.2, 0) is 41.0 Å². The molecule has 4 rings (SSSR count). The second-order valence-electron chi connectivity index (χ2n) is 9.40. The lowest BCUT2D eigenvalue weighted by molar-refractivity contribution is -0.143.